The van der Waals surface area contributed by atoms with Crippen LogP contribution in [-0.2, 0) is 30.3 Å². The Morgan fingerprint density at radius 3 is 2.41 bits per heavy atom. The number of benzene rings is 2. The summed E-state index contributed by atoms with van der Waals surface area (Å²) in [6.07, 6.45) is 1.14. The molecule has 0 aliphatic heterocycles. The van der Waals surface area contributed by atoms with Crippen LogP contribution in [0.1, 0.15) is 38.3 Å². The lowest BCUT2D eigenvalue weighted by Crippen LogP contribution is -2.39. The fraction of sp³-hybridized carbons (Fsp3) is 0.409. The summed E-state index contributed by atoms with van der Waals surface area (Å²) in [5.74, 6) is 0.119. The monoisotopic (exact) mass is 420 g/mol. The summed E-state index contributed by atoms with van der Waals surface area (Å²) < 4.78 is 40.3. The molecule has 2 aromatic rings. The zero-order valence-corrected chi connectivity index (χ0v) is 18.1. The van der Waals surface area contributed by atoms with Crippen LogP contribution in [0.25, 0.3) is 0 Å². The smallest absolute Gasteiger partial charge is 0.349 e. The number of rotatable bonds is 10. The van der Waals surface area contributed by atoms with E-state index in [-0.39, 0.29) is 18.1 Å². The van der Waals surface area contributed by atoms with Crippen LogP contribution in [-0.4, -0.2) is 33.2 Å². The molecule has 0 spiro atoms. The van der Waals surface area contributed by atoms with Gasteiger partial charge in [0.1, 0.15) is 5.75 Å². The quantitative estimate of drug-likeness (QED) is 0.328. The van der Waals surface area contributed by atoms with Gasteiger partial charge in [-0.25, -0.2) is 4.79 Å². The van der Waals surface area contributed by atoms with E-state index >= 15 is 0 Å². The molecule has 2 aromatic carbocycles. The van der Waals surface area contributed by atoms with Crippen molar-refractivity contribution in [3.63, 3.8) is 0 Å². The number of aryl methyl sites for hydroxylation is 2. The third-order valence-electron chi connectivity index (χ3n) is 4.20. The zero-order valence-electron chi connectivity index (χ0n) is 17.3. The molecule has 7 heteroatoms. The van der Waals surface area contributed by atoms with E-state index in [1.165, 1.54) is 12.1 Å². The standard InChI is InChI=1S/C22H28O6S/c1-5-26-21(23)22(3,4)28-19-10-6-8-18(16-19)9-7-15-27-29(24,25)20-13-11-17(2)12-14-20/h6,8,10-14,16H,5,7,9,15H2,1-4H3. The Bertz CT molecular complexity index is 917. The molecule has 0 saturated heterocycles. The van der Waals surface area contributed by atoms with E-state index in [4.69, 9.17) is 13.7 Å². The second-order valence-electron chi connectivity index (χ2n) is 7.17. The van der Waals surface area contributed by atoms with E-state index in [9.17, 15) is 13.2 Å². The van der Waals surface area contributed by atoms with Crippen molar-refractivity contribution in [2.75, 3.05) is 13.2 Å². The molecule has 0 saturated carbocycles. The molecule has 0 bridgehead atoms. The lowest BCUT2D eigenvalue weighted by Gasteiger charge is -2.24. The van der Waals surface area contributed by atoms with Crippen molar-refractivity contribution in [2.45, 2.75) is 51.0 Å². The summed E-state index contributed by atoms with van der Waals surface area (Å²) in [4.78, 5) is 12.1. The Hall–Kier alpha value is -2.38. The van der Waals surface area contributed by atoms with Gasteiger partial charge in [0.2, 0.25) is 0 Å². The van der Waals surface area contributed by atoms with E-state index in [1.807, 2.05) is 25.1 Å². The van der Waals surface area contributed by atoms with Gasteiger partial charge in [-0.3, -0.25) is 4.18 Å². The minimum absolute atomic E-state index is 0.0790. The highest BCUT2D eigenvalue weighted by molar-refractivity contribution is 7.86. The second-order valence-corrected chi connectivity index (χ2v) is 8.79. The predicted molar refractivity (Wildman–Crippen MR) is 110 cm³/mol. The van der Waals surface area contributed by atoms with Crippen molar-refractivity contribution in [2.24, 2.45) is 0 Å². The maximum Gasteiger partial charge on any atom is 0.349 e. The Morgan fingerprint density at radius 1 is 1.07 bits per heavy atom. The first-order valence-corrected chi connectivity index (χ1v) is 11.0. The first kappa shape index (κ1) is 22.9. The third kappa shape index (κ3) is 6.87. The van der Waals surface area contributed by atoms with Crippen molar-refractivity contribution in [3.8, 4) is 5.75 Å². The highest BCUT2D eigenvalue weighted by Gasteiger charge is 2.31. The van der Waals surface area contributed by atoms with Crippen molar-refractivity contribution in [3.05, 3.63) is 59.7 Å². The summed E-state index contributed by atoms with van der Waals surface area (Å²) in [5, 5.41) is 0. The summed E-state index contributed by atoms with van der Waals surface area (Å²) >= 11 is 0. The van der Waals surface area contributed by atoms with Crippen LogP contribution in [0, 0.1) is 6.92 Å². The van der Waals surface area contributed by atoms with Crippen LogP contribution in [0.15, 0.2) is 53.4 Å². The Morgan fingerprint density at radius 2 is 1.76 bits per heavy atom. The molecule has 0 aliphatic carbocycles. The van der Waals surface area contributed by atoms with Gasteiger partial charge in [0.15, 0.2) is 5.60 Å². The van der Waals surface area contributed by atoms with Gasteiger partial charge >= 0.3 is 5.97 Å². The molecule has 0 unspecified atom stereocenters. The van der Waals surface area contributed by atoms with Crippen molar-refractivity contribution < 1.29 is 26.9 Å². The number of hydrogen-bond donors (Lipinski definition) is 0. The van der Waals surface area contributed by atoms with Crippen molar-refractivity contribution in [1.82, 2.24) is 0 Å². The van der Waals surface area contributed by atoms with E-state index in [1.54, 1.807) is 39.0 Å². The van der Waals surface area contributed by atoms with Gasteiger partial charge in [-0.05, 0) is 70.4 Å². The lowest BCUT2D eigenvalue weighted by molar-refractivity contribution is -0.158. The molecule has 0 heterocycles. The van der Waals surface area contributed by atoms with Crippen LogP contribution >= 0.6 is 0 Å². The molecular weight excluding hydrogens is 392 g/mol. The summed E-state index contributed by atoms with van der Waals surface area (Å²) in [5.41, 5.74) is 0.843. The molecule has 2 rings (SSSR count). The van der Waals surface area contributed by atoms with E-state index in [2.05, 4.69) is 0 Å². The van der Waals surface area contributed by atoms with E-state index < -0.39 is 21.7 Å². The van der Waals surface area contributed by atoms with Crippen molar-refractivity contribution >= 4 is 16.1 Å². The van der Waals surface area contributed by atoms with Crippen LogP contribution in [0.4, 0.5) is 0 Å². The summed E-state index contributed by atoms with van der Waals surface area (Å²) in [6.45, 7) is 7.31. The fourth-order valence-corrected chi connectivity index (χ4v) is 3.57. The van der Waals surface area contributed by atoms with Gasteiger partial charge in [-0.15, -0.1) is 0 Å². The average Bonchev–Trinajstić information content (AvgIpc) is 2.66. The molecule has 0 atom stereocenters. The number of carbonyl (C=O) groups is 1. The molecule has 29 heavy (non-hydrogen) atoms. The van der Waals surface area contributed by atoms with Gasteiger partial charge in [-0.1, -0.05) is 29.8 Å². The summed E-state index contributed by atoms with van der Waals surface area (Å²) in [7, 11) is -3.75. The predicted octanol–water partition coefficient (Wildman–Crippen LogP) is 4.05. The molecule has 0 aliphatic rings. The van der Waals surface area contributed by atoms with Gasteiger partial charge < -0.3 is 9.47 Å². The minimum Gasteiger partial charge on any atom is -0.476 e. The largest absolute Gasteiger partial charge is 0.476 e. The van der Waals surface area contributed by atoms with E-state index in [0.717, 1.165) is 11.1 Å². The van der Waals surface area contributed by atoms with Crippen LogP contribution in [0.3, 0.4) is 0 Å². The van der Waals surface area contributed by atoms with Gasteiger partial charge in [0.25, 0.3) is 10.1 Å². The number of esters is 1. The van der Waals surface area contributed by atoms with E-state index in [0.29, 0.717) is 18.6 Å². The SMILES string of the molecule is CCOC(=O)C(C)(C)Oc1cccc(CCCOS(=O)(=O)c2ccc(C)cc2)c1. The van der Waals surface area contributed by atoms with Crippen LogP contribution in [0.2, 0.25) is 0 Å². The number of carbonyl (C=O) groups excluding carboxylic acids is 1. The molecule has 0 aromatic heterocycles. The Balaban J connectivity index is 1.89. The normalized spacial score (nSPS) is 11.9. The molecule has 0 radical (unpaired) electrons. The molecular formula is C22H28O6S. The topological polar surface area (TPSA) is 78.9 Å². The molecule has 0 N–H and O–H groups in total. The third-order valence-corrected chi connectivity index (χ3v) is 5.52. The first-order chi connectivity index (χ1) is 13.6. The highest BCUT2D eigenvalue weighted by atomic mass is 32.2. The van der Waals surface area contributed by atoms with Crippen LogP contribution in [0.5, 0.6) is 5.75 Å². The molecule has 6 nitrogen and oxygen atoms in total. The number of hydrogen-bond acceptors (Lipinski definition) is 6. The fourth-order valence-electron chi connectivity index (χ4n) is 2.62. The lowest BCUT2D eigenvalue weighted by atomic mass is 10.1. The van der Waals surface area contributed by atoms with Gasteiger partial charge in [0.05, 0.1) is 18.1 Å². The molecule has 158 valence electrons. The maximum atomic E-state index is 12.2. The summed E-state index contributed by atoms with van der Waals surface area (Å²) in [6, 6.07) is 13.9. The second kappa shape index (κ2) is 9.89. The van der Waals surface area contributed by atoms with Crippen LogP contribution < -0.4 is 4.74 Å². The maximum absolute atomic E-state index is 12.2. The molecule has 0 fully saturated rings. The Labute approximate surface area is 172 Å². The van der Waals surface area contributed by atoms with Crippen molar-refractivity contribution in [1.29, 1.82) is 0 Å². The minimum atomic E-state index is -3.75. The Kier molecular flexibility index (Phi) is 7.81. The average molecular weight is 421 g/mol. The first-order valence-electron chi connectivity index (χ1n) is 9.55. The number of ether oxygens (including phenoxy) is 2. The molecule has 0 amide bonds. The zero-order chi connectivity index (χ0) is 21.5. The highest BCUT2D eigenvalue weighted by Crippen LogP contribution is 2.22. The van der Waals surface area contributed by atoms with Gasteiger partial charge in [-0.2, -0.15) is 8.42 Å². The van der Waals surface area contributed by atoms with Gasteiger partial charge in [0, 0.05) is 0 Å².